The fraction of sp³-hybridized carbons (Fsp3) is 0.333. The van der Waals surface area contributed by atoms with E-state index in [1.165, 1.54) is 34.8 Å². The van der Waals surface area contributed by atoms with Gasteiger partial charge < -0.3 is 16.0 Å². The van der Waals surface area contributed by atoms with Gasteiger partial charge in [0.1, 0.15) is 17.2 Å². The van der Waals surface area contributed by atoms with Gasteiger partial charge in [-0.3, -0.25) is 9.59 Å². The van der Waals surface area contributed by atoms with Gasteiger partial charge in [-0.05, 0) is 58.8 Å². The third-order valence-corrected chi connectivity index (χ3v) is 8.39. The van der Waals surface area contributed by atoms with Gasteiger partial charge in [0.05, 0.1) is 10.9 Å². The number of benzene rings is 1. The Morgan fingerprint density at radius 1 is 1.31 bits per heavy atom. The van der Waals surface area contributed by atoms with Crippen molar-refractivity contribution in [1.29, 1.82) is 0 Å². The Morgan fingerprint density at radius 2 is 2.16 bits per heavy atom. The summed E-state index contributed by atoms with van der Waals surface area (Å²) in [5.41, 5.74) is 7.11. The number of nitrogens with zero attached hydrogens (tertiary/aromatic N) is 3. The fourth-order valence-corrected chi connectivity index (χ4v) is 6.56. The molecule has 0 unspecified atom stereocenters. The van der Waals surface area contributed by atoms with Crippen LogP contribution in [0.3, 0.4) is 0 Å². The van der Waals surface area contributed by atoms with Crippen LogP contribution < -0.4 is 11.1 Å². The van der Waals surface area contributed by atoms with Gasteiger partial charge in [0, 0.05) is 18.0 Å². The number of hydrogen-bond donors (Lipinski definition) is 2. The molecule has 1 saturated heterocycles. The number of amides is 2. The van der Waals surface area contributed by atoms with E-state index in [1.54, 1.807) is 17.5 Å². The van der Waals surface area contributed by atoms with Crippen molar-refractivity contribution in [3.05, 3.63) is 50.8 Å². The summed E-state index contributed by atoms with van der Waals surface area (Å²) in [6.45, 7) is 0.343. The van der Waals surface area contributed by atoms with Crippen molar-refractivity contribution in [3.63, 3.8) is 0 Å². The molecule has 7 nitrogen and oxygen atoms in total. The number of nitrogen functional groups attached to an aromatic ring is 1. The van der Waals surface area contributed by atoms with E-state index in [0.717, 1.165) is 19.3 Å². The van der Waals surface area contributed by atoms with Crippen molar-refractivity contribution in [2.75, 3.05) is 12.3 Å². The maximum absolute atomic E-state index is 13.8. The number of nitrogens with one attached hydrogen (secondary N) is 1. The van der Waals surface area contributed by atoms with E-state index >= 15 is 0 Å². The Balaban J connectivity index is 1.40. The van der Waals surface area contributed by atoms with Crippen LogP contribution in [0.5, 0.6) is 0 Å². The number of fused-ring (bicyclic) bond motifs is 2. The second-order valence-corrected chi connectivity index (χ2v) is 11.1. The number of carbonyl (C=O) groups excluding carboxylic acids is 2. The molecule has 5 rings (SSSR count). The van der Waals surface area contributed by atoms with Crippen molar-refractivity contribution in [2.24, 2.45) is 5.92 Å². The molecule has 0 radical (unpaired) electrons. The molecule has 3 heterocycles. The molecule has 3 N–H and O–H groups in total. The third-order valence-electron chi connectivity index (χ3n) is 6.09. The van der Waals surface area contributed by atoms with Crippen molar-refractivity contribution in [3.8, 4) is 10.4 Å². The smallest absolute Gasteiger partial charge is 0.274 e. The first-order valence-electron chi connectivity index (χ1n) is 10.1. The lowest BCUT2D eigenvalue weighted by molar-refractivity contribution is 0.0577. The minimum absolute atomic E-state index is 0.103. The molecular weight excluding hydrogens is 517 g/mol. The molecule has 1 aliphatic carbocycles. The van der Waals surface area contributed by atoms with Gasteiger partial charge in [-0.2, -0.15) is 0 Å². The van der Waals surface area contributed by atoms with Crippen LogP contribution >= 0.6 is 38.6 Å². The Hall–Kier alpha value is -2.37. The van der Waals surface area contributed by atoms with Crippen molar-refractivity contribution in [1.82, 2.24) is 20.2 Å². The molecule has 1 saturated carbocycles. The molecule has 32 heavy (non-hydrogen) atoms. The predicted molar refractivity (Wildman–Crippen MR) is 125 cm³/mol. The summed E-state index contributed by atoms with van der Waals surface area (Å²) in [4.78, 5) is 37.0. The van der Waals surface area contributed by atoms with Gasteiger partial charge in [0.2, 0.25) is 0 Å². The third kappa shape index (κ3) is 3.93. The zero-order chi connectivity index (χ0) is 22.4. The van der Waals surface area contributed by atoms with Crippen LogP contribution in [-0.4, -0.2) is 45.3 Å². The highest BCUT2D eigenvalue weighted by Crippen LogP contribution is 2.44. The SMILES string of the molecule is Nc1nc(C(=O)N2[C@@H]3CC[C@@H](C3)[C@H]2CNC(=O)c2csc(Br)n2)c(-c2cccc(F)c2)s1. The molecule has 3 aromatic rings. The lowest BCUT2D eigenvalue weighted by atomic mass is 9.98. The summed E-state index contributed by atoms with van der Waals surface area (Å²) in [5, 5.41) is 4.88. The molecule has 11 heteroatoms. The summed E-state index contributed by atoms with van der Waals surface area (Å²) in [6, 6.07) is 6.05. The average Bonchev–Trinajstić information content (AvgIpc) is 3.55. The number of thiazole rings is 2. The van der Waals surface area contributed by atoms with E-state index in [1.807, 2.05) is 4.90 Å². The number of carbonyl (C=O) groups is 2. The molecule has 3 atom stereocenters. The van der Waals surface area contributed by atoms with E-state index in [2.05, 4.69) is 31.2 Å². The van der Waals surface area contributed by atoms with Crippen molar-refractivity contribution in [2.45, 2.75) is 31.3 Å². The number of nitrogens with two attached hydrogens (primary N) is 1. The first-order chi connectivity index (χ1) is 15.4. The molecule has 0 spiro atoms. The van der Waals surface area contributed by atoms with E-state index in [9.17, 15) is 14.0 Å². The van der Waals surface area contributed by atoms with Crippen LogP contribution in [0.25, 0.3) is 10.4 Å². The average molecular weight is 536 g/mol. The highest BCUT2D eigenvalue weighted by Gasteiger charge is 2.49. The predicted octanol–water partition coefficient (Wildman–Crippen LogP) is 4.17. The van der Waals surface area contributed by atoms with Crippen LogP contribution in [0.15, 0.2) is 33.6 Å². The van der Waals surface area contributed by atoms with Gasteiger partial charge >= 0.3 is 0 Å². The Kier molecular flexibility index (Phi) is 5.72. The van der Waals surface area contributed by atoms with Crippen LogP contribution in [-0.2, 0) is 0 Å². The molecule has 2 amide bonds. The zero-order valence-electron chi connectivity index (χ0n) is 16.8. The summed E-state index contributed by atoms with van der Waals surface area (Å²) in [6.07, 6.45) is 2.85. The number of aromatic nitrogens is 2. The maximum atomic E-state index is 13.8. The standard InChI is InChI=1S/C21H19BrFN5O2S2/c22-20-26-14(9-31-20)18(29)25-8-15-10-4-5-13(7-10)28(15)19(30)16-17(32-21(24)27-16)11-2-1-3-12(23)6-11/h1-3,6,9-10,13,15H,4-5,7-8H2,(H2,24,27)(H,25,29)/t10-,13+,15+/m0/s1. The first kappa shape index (κ1) is 21.5. The molecule has 2 aliphatic rings. The molecule has 2 fully saturated rings. The lowest BCUT2D eigenvalue weighted by Gasteiger charge is -2.35. The Morgan fingerprint density at radius 3 is 2.91 bits per heavy atom. The molecule has 2 aromatic heterocycles. The first-order valence-corrected chi connectivity index (χ1v) is 12.6. The highest BCUT2D eigenvalue weighted by molar-refractivity contribution is 9.11. The number of anilines is 1. The molecule has 2 bridgehead atoms. The Labute approximate surface area is 200 Å². The van der Waals surface area contributed by atoms with Crippen LogP contribution in [0.2, 0.25) is 0 Å². The van der Waals surface area contributed by atoms with Gasteiger partial charge in [0.25, 0.3) is 11.8 Å². The quantitative estimate of drug-likeness (QED) is 0.510. The van der Waals surface area contributed by atoms with E-state index in [4.69, 9.17) is 5.73 Å². The summed E-state index contributed by atoms with van der Waals surface area (Å²) in [5.74, 6) is -0.553. The van der Waals surface area contributed by atoms with Crippen LogP contribution in [0, 0.1) is 11.7 Å². The zero-order valence-corrected chi connectivity index (χ0v) is 20.0. The Bertz CT molecular complexity index is 1200. The molecule has 1 aromatic carbocycles. The van der Waals surface area contributed by atoms with Crippen LogP contribution in [0.4, 0.5) is 9.52 Å². The second kappa shape index (κ2) is 8.53. The fourth-order valence-electron chi connectivity index (χ4n) is 4.75. The lowest BCUT2D eigenvalue weighted by Crippen LogP contribution is -2.50. The number of rotatable bonds is 5. The van der Waals surface area contributed by atoms with Gasteiger partial charge in [-0.1, -0.05) is 23.5 Å². The van der Waals surface area contributed by atoms with Gasteiger partial charge in [-0.25, -0.2) is 14.4 Å². The topological polar surface area (TPSA) is 101 Å². The molecule has 1 aliphatic heterocycles. The monoisotopic (exact) mass is 535 g/mol. The minimum atomic E-state index is -0.387. The summed E-state index contributed by atoms with van der Waals surface area (Å²) >= 11 is 5.78. The summed E-state index contributed by atoms with van der Waals surface area (Å²) < 4.78 is 14.4. The largest absolute Gasteiger partial charge is 0.375 e. The highest BCUT2D eigenvalue weighted by atomic mass is 79.9. The molecule has 166 valence electrons. The van der Waals surface area contributed by atoms with Gasteiger partial charge in [-0.15, -0.1) is 11.3 Å². The maximum Gasteiger partial charge on any atom is 0.274 e. The minimum Gasteiger partial charge on any atom is -0.375 e. The molecular formula is C21H19BrFN5O2S2. The van der Waals surface area contributed by atoms with Crippen LogP contribution in [0.1, 0.15) is 40.2 Å². The van der Waals surface area contributed by atoms with Crippen molar-refractivity contribution < 1.29 is 14.0 Å². The van der Waals surface area contributed by atoms with Gasteiger partial charge in [0.15, 0.2) is 9.05 Å². The van der Waals surface area contributed by atoms with E-state index < -0.39 is 0 Å². The normalized spacial score (nSPS) is 21.8. The number of piperidine rings is 1. The van der Waals surface area contributed by atoms with E-state index in [0.29, 0.717) is 32.5 Å². The number of hydrogen-bond acceptors (Lipinski definition) is 7. The number of likely N-dealkylation sites (tertiary alicyclic amines) is 1. The summed E-state index contributed by atoms with van der Waals surface area (Å²) in [7, 11) is 0. The van der Waals surface area contributed by atoms with E-state index in [-0.39, 0.29) is 40.5 Å². The second-order valence-electron chi connectivity index (χ2n) is 7.94. The van der Waals surface area contributed by atoms with Crippen molar-refractivity contribution >= 4 is 55.5 Å². The number of halogens is 2.